The lowest BCUT2D eigenvalue weighted by Gasteiger charge is -2.02. The first-order valence-electron chi connectivity index (χ1n) is 5.02. The first kappa shape index (κ1) is 10.7. The molecule has 0 fully saturated rings. The van der Waals surface area contributed by atoms with Crippen molar-refractivity contribution in [1.29, 1.82) is 5.26 Å². The maximum Gasteiger partial charge on any atom is 0.183 e. The molecule has 0 aliphatic heterocycles. The number of anilines is 1. The molecule has 0 aliphatic carbocycles. The molecule has 0 saturated carbocycles. The molecule has 3 nitrogen and oxygen atoms in total. The Labute approximate surface area is 98.4 Å². The van der Waals surface area contributed by atoms with Crippen LogP contribution in [0.2, 0.25) is 0 Å². The van der Waals surface area contributed by atoms with E-state index in [0.29, 0.717) is 4.88 Å². The number of nitrogens with zero attached hydrogens (tertiary/aromatic N) is 2. The van der Waals surface area contributed by atoms with Gasteiger partial charge in [-0.15, -0.1) is 0 Å². The highest BCUT2D eigenvalue weighted by atomic mass is 32.1. The van der Waals surface area contributed by atoms with Gasteiger partial charge in [0, 0.05) is 6.54 Å². The van der Waals surface area contributed by atoms with E-state index in [4.69, 9.17) is 5.26 Å². The van der Waals surface area contributed by atoms with E-state index in [1.54, 1.807) is 6.20 Å². The fraction of sp³-hybridized carbons (Fsp3) is 0.167. The maximum absolute atomic E-state index is 8.65. The number of nitriles is 1. The molecule has 0 spiro atoms. The fourth-order valence-electron chi connectivity index (χ4n) is 1.37. The SMILES string of the molecule is N#Cc1cnc(NCCc2ccccc2)s1. The molecule has 0 aliphatic rings. The monoisotopic (exact) mass is 229 g/mol. The van der Waals surface area contributed by atoms with Crippen molar-refractivity contribution >= 4 is 16.5 Å². The zero-order valence-corrected chi connectivity index (χ0v) is 9.50. The van der Waals surface area contributed by atoms with E-state index in [9.17, 15) is 0 Å². The number of aromatic nitrogens is 1. The van der Waals surface area contributed by atoms with Crippen LogP contribution in [0.15, 0.2) is 36.5 Å². The fourth-order valence-corrected chi connectivity index (χ4v) is 2.00. The molecule has 4 heteroatoms. The number of benzene rings is 1. The molecule has 1 N–H and O–H groups in total. The Morgan fingerprint density at radius 2 is 2.12 bits per heavy atom. The molecule has 1 heterocycles. The first-order valence-corrected chi connectivity index (χ1v) is 5.84. The summed E-state index contributed by atoms with van der Waals surface area (Å²) >= 11 is 1.38. The highest BCUT2D eigenvalue weighted by Crippen LogP contribution is 2.16. The molecule has 2 rings (SSSR count). The smallest absolute Gasteiger partial charge is 0.183 e. The lowest BCUT2D eigenvalue weighted by atomic mass is 10.2. The van der Waals surface area contributed by atoms with E-state index in [1.165, 1.54) is 16.9 Å². The lowest BCUT2D eigenvalue weighted by molar-refractivity contribution is 1.02. The van der Waals surface area contributed by atoms with Crippen LogP contribution < -0.4 is 5.32 Å². The van der Waals surface area contributed by atoms with Gasteiger partial charge < -0.3 is 5.32 Å². The summed E-state index contributed by atoms with van der Waals surface area (Å²) in [6, 6.07) is 12.4. The van der Waals surface area contributed by atoms with Crippen LogP contribution in [-0.4, -0.2) is 11.5 Å². The minimum atomic E-state index is 0.641. The van der Waals surface area contributed by atoms with Gasteiger partial charge in [0.1, 0.15) is 10.9 Å². The Morgan fingerprint density at radius 1 is 1.31 bits per heavy atom. The normalized spacial score (nSPS) is 9.69. The molecule has 0 saturated heterocycles. The van der Waals surface area contributed by atoms with Gasteiger partial charge in [0.15, 0.2) is 5.13 Å². The third-order valence-corrected chi connectivity index (χ3v) is 3.01. The van der Waals surface area contributed by atoms with Gasteiger partial charge in [0.05, 0.1) is 6.20 Å². The van der Waals surface area contributed by atoms with E-state index in [2.05, 4.69) is 28.5 Å². The van der Waals surface area contributed by atoms with E-state index in [-0.39, 0.29) is 0 Å². The lowest BCUT2D eigenvalue weighted by Crippen LogP contribution is -2.03. The van der Waals surface area contributed by atoms with Crippen LogP contribution in [0.5, 0.6) is 0 Å². The Kier molecular flexibility index (Phi) is 3.52. The van der Waals surface area contributed by atoms with Gasteiger partial charge in [-0.1, -0.05) is 41.7 Å². The summed E-state index contributed by atoms with van der Waals surface area (Å²) in [5.74, 6) is 0. The van der Waals surface area contributed by atoms with Crippen molar-refractivity contribution in [3.8, 4) is 6.07 Å². The first-order chi connectivity index (χ1) is 7.88. The summed E-state index contributed by atoms with van der Waals surface area (Å²) in [5.41, 5.74) is 1.30. The quantitative estimate of drug-likeness (QED) is 0.876. The third-order valence-electron chi connectivity index (χ3n) is 2.15. The van der Waals surface area contributed by atoms with Gasteiger partial charge in [0.2, 0.25) is 0 Å². The van der Waals surface area contributed by atoms with Gasteiger partial charge in [-0.2, -0.15) is 5.26 Å². The minimum Gasteiger partial charge on any atom is -0.361 e. The molecule has 1 aromatic heterocycles. The van der Waals surface area contributed by atoms with Gasteiger partial charge >= 0.3 is 0 Å². The second-order valence-corrected chi connectivity index (χ2v) is 4.33. The van der Waals surface area contributed by atoms with Gasteiger partial charge in [-0.25, -0.2) is 4.98 Å². The topological polar surface area (TPSA) is 48.7 Å². The largest absolute Gasteiger partial charge is 0.361 e. The third kappa shape index (κ3) is 2.81. The van der Waals surface area contributed by atoms with Crippen molar-refractivity contribution in [3.05, 3.63) is 47.0 Å². The summed E-state index contributed by atoms with van der Waals surface area (Å²) in [6.07, 6.45) is 2.55. The second-order valence-electron chi connectivity index (χ2n) is 3.30. The van der Waals surface area contributed by atoms with E-state index >= 15 is 0 Å². The van der Waals surface area contributed by atoms with Crippen LogP contribution in [0.3, 0.4) is 0 Å². The Hall–Kier alpha value is -1.86. The Bertz CT molecular complexity index is 484. The Morgan fingerprint density at radius 3 is 2.81 bits per heavy atom. The molecule has 0 unspecified atom stereocenters. The molecular weight excluding hydrogens is 218 g/mol. The van der Waals surface area contributed by atoms with Crippen LogP contribution in [0, 0.1) is 11.3 Å². The van der Waals surface area contributed by atoms with Crippen LogP contribution in [0.4, 0.5) is 5.13 Å². The zero-order chi connectivity index (χ0) is 11.2. The van der Waals surface area contributed by atoms with Crippen molar-refractivity contribution in [2.45, 2.75) is 6.42 Å². The molecule has 16 heavy (non-hydrogen) atoms. The predicted molar refractivity (Wildman–Crippen MR) is 65.5 cm³/mol. The molecule has 1 aromatic carbocycles. The highest BCUT2D eigenvalue weighted by molar-refractivity contribution is 7.16. The summed E-state index contributed by atoms with van der Waals surface area (Å²) in [5, 5.41) is 12.7. The average Bonchev–Trinajstić information content (AvgIpc) is 2.78. The van der Waals surface area contributed by atoms with E-state index in [1.807, 2.05) is 18.2 Å². The standard InChI is InChI=1S/C12H11N3S/c13-8-11-9-15-12(16-11)14-7-6-10-4-2-1-3-5-10/h1-5,9H,6-7H2,(H,14,15). The van der Waals surface area contributed by atoms with Crippen LogP contribution in [0.25, 0.3) is 0 Å². The average molecular weight is 229 g/mol. The van der Waals surface area contributed by atoms with Crippen molar-refractivity contribution in [2.24, 2.45) is 0 Å². The van der Waals surface area contributed by atoms with Gasteiger partial charge in [-0.3, -0.25) is 0 Å². The highest BCUT2D eigenvalue weighted by Gasteiger charge is 1.99. The molecule has 0 bridgehead atoms. The Balaban J connectivity index is 1.83. The molecule has 80 valence electrons. The van der Waals surface area contributed by atoms with Gasteiger partial charge in [0.25, 0.3) is 0 Å². The molecular formula is C12H11N3S. The number of nitrogens with one attached hydrogen (secondary N) is 1. The number of thiazole rings is 1. The van der Waals surface area contributed by atoms with Crippen LogP contribution in [-0.2, 0) is 6.42 Å². The number of hydrogen-bond acceptors (Lipinski definition) is 4. The minimum absolute atomic E-state index is 0.641. The summed E-state index contributed by atoms with van der Waals surface area (Å²) in [7, 11) is 0. The predicted octanol–water partition coefficient (Wildman–Crippen LogP) is 2.67. The van der Waals surface area contributed by atoms with Gasteiger partial charge in [-0.05, 0) is 12.0 Å². The van der Waals surface area contributed by atoms with Crippen molar-refractivity contribution < 1.29 is 0 Å². The summed E-state index contributed by atoms with van der Waals surface area (Å²) < 4.78 is 0. The molecule has 0 radical (unpaired) electrons. The summed E-state index contributed by atoms with van der Waals surface area (Å²) in [4.78, 5) is 4.74. The molecule has 0 amide bonds. The molecule has 2 aromatic rings. The van der Waals surface area contributed by atoms with Crippen molar-refractivity contribution in [1.82, 2.24) is 4.98 Å². The van der Waals surface area contributed by atoms with Crippen LogP contribution >= 0.6 is 11.3 Å². The second kappa shape index (κ2) is 5.29. The van der Waals surface area contributed by atoms with Crippen LogP contribution in [0.1, 0.15) is 10.4 Å². The zero-order valence-electron chi connectivity index (χ0n) is 8.68. The number of rotatable bonds is 4. The summed E-state index contributed by atoms with van der Waals surface area (Å²) in [6.45, 7) is 0.836. The number of hydrogen-bond donors (Lipinski definition) is 1. The van der Waals surface area contributed by atoms with E-state index in [0.717, 1.165) is 18.1 Å². The molecule has 0 atom stereocenters. The maximum atomic E-state index is 8.65. The van der Waals surface area contributed by atoms with E-state index < -0.39 is 0 Å². The van der Waals surface area contributed by atoms with Crippen molar-refractivity contribution in [3.63, 3.8) is 0 Å². The van der Waals surface area contributed by atoms with Crippen molar-refractivity contribution in [2.75, 3.05) is 11.9 Å².